The van der Waals surface area contributed by atoms with Crippen LogP contribution in [0.5, 0.6) is 0 Å². The molecule has 0 aliphatic carbocycles. The summed E-state index contributed by atoms with van der Waals surface area (Å²) in [5, 5.41) is 14.9. The summed E-state index contributed by atoms with van der Waals surface area (Å²) in [6.45, 7) is 6.69. The SMILES string of the molecule is COC(CN(CC(=O)N1CCN(CC(=O)N2CCN(CC(=O)O)C(=O)[C@@H]2CC(=O)NCCC(=O)OC(C)(C)C)C(=O)[C@@H]1Cc1cn(C(c2ccccc2)(c2ccccc2)c2ccccc2)cn1)C(=O)[C@H](COC(C)(C)C)NC(=O)OCc1ccccc1)OC. The first-order chi connectivity index (χ1) is 42.4. The van der Waals surface area contributed by atoms with Crippen molar-refractivity contribution in [2.24, 2.45) is 0 Å². The average molecular weight is 1230 g/mol. The van der Waals surface area contributed by atoms with Crippen molar-refractivity contribution in [1.29, 1.82) is 0 Å². The number of imidazole rings is 1. The third-order valence-corrected chi connectivity index (χ3v) is 14.9. The van der Waals surface area contributed by atoms with Crippen LogP contribution in [0.25, 0.3) is 0 Å². The van der Waals surface area contributed by atoms with Crippen molar-refractivity contribution in [1.82, 2.24) is 44.7 Å². The summed E-state index contributed by atoms with van der Waals surface area (Å²) in [6.07, 6.45) is 0.460. The number of carboxylic acid groups (broad SMARTS) is 1. The molecule has 7 rings (SSSR count). The molecule has 3 N–H and O–H groups in total. The molecule has 0 unspecified atom stereocenters. The Balaban J connectivity index is 1.23. The van der Waals surface area contributed by atoms with E-state index in [1.54, 1.807) is 78.3 Å². The first kappa shape index (κ1) is 67.5. The Labute approximate surface area is 518 Å². The summed E-state index contributed by atoms with van der Waals surface area (Å²) in [4.78, 5) is 136. The number of esters is 1. The third-order valence-electron chi connectivity index (χ3n) is 14.9. The molecule has 89 heavy (non-hydrogen) atoms. The highest BCUT2D eigenvalue weighted by molar-refractivity contribution is 5.97. The smallest absolute Gasteiger partial charge is 0.408 e. The molecule has 0 radical (unpaired) electrons. The van der Waals surface area contributed by atoms with Crippen LogP contribution < -0.4 is 10.6 Å². The first-order valence-electron chi connectivity index (χ1n) is 29.4. The molecule has 2 aliphatic rings. The highest BCUT2D eigenvalue weighted by Gasteiger charge is 2.45. The van der Waals surface area contributed by atoms with Crippen molar-refractivity contribution in [3.8, 4) is 0 Å². The van der Waals surface area contributed by atoms with Gasteiger partial charge in [0.15, 0.2) is 6.29 Å². The molecule has 3 atom stereocenters. The Bertz CT molecular complexity index is 3130. The summed E-state index contributed by atoms with van der Waals surface area (Å²) in [7, 11) is 2.71. The lowest BCUT2D eigenvalue weighted by molar-refractivity contribution is -0.162. The van der Waals surface area contributed by atoms with E-state index in [0.717, 1.165) is 31.4 Å². The number of amides is 7. The molecule has 7 amide bonds. The predicted molar refractivity (Wildman–Crippen MR) is 324 cm³/mol. The maximum atomic E-state index is 15.4. The van der Waals surface area contributed by atoms with Crippen molar-refractivity contribution in [2.45, 2.75) is 109 Å². The molecule has 5 aromatic rings. The first-order valence-corrected chi connectivity index (χ1v) is 29.4. The van der Waals surface area contributed by atoms with Gasteiger partial charge < -0.3 is 68.5 Å². The van der Waals surface area contributed by atoms with Gasteiger partial charge in [0.25, 0.3) is 0 Å². The number of carbonyl (C=O) groups is 9. The Morgan fingerprint density at radius 3 is 1.74 bits per heavy atom. The Morgan fingerprint density at radius 2 is 1.21 bits per heavy atom. The molecule has 2 fully saturated rings. The molecule has 0 spiro atoms. The van der Waals surface area contributed by atoms with Crippen LogP contribution in [0.4, 0.5) is 4.79 Å². The number of rotatable bonds is 27. The molecule has 24 heteroatoms. The second-order valence-corrected chi connectivity index (χ2v) is 23.6. The van der Waals surface area contributed by atoms with Crippen LogP contribution in [0, 0.1) is 0 Å². The quantitative estimate of drug-likeness (QED) is 0.0377. The maximum Gasteiger partial charge on any atom is 0.408 e. The summed E-state index contributed by atoms with van der Waals surface area (Å²) in [5.74, 6) is -6.31. The number of hydrogen-bond acceptors (Lipinski definition) is 15. The van der Waals surface area contributed by atoms with Crippen LogP contribution >= 0.6 is 0 Å². The third kappa shape index (κ3) is 18.3. The van der Waals surface area contributed by atoms with Crippen molar-refractivity contribution in [2.75, 3.05) is 79.7 Å². The van der Waals surface area contributed by atoms with Gasteiger partial charge in [0.05, 0.1) is 50.2 Å². The largest absolute Gasteiger partial charge is 0.480 e. The number of piperazine rings is 2. The van der Waals surface area contributed by atoms with Crippen LogP contribution in [0.15, 0.2) is 134 Å². The Morgan fingerprint density at radius 1 is 0.685 bits per heavy atom. The molecule has 0 bridgehead atoms. The van der Waals surface area contributed by atoms with Gasteiger partial charge in [0.2, 0.25) is 35.4 Å². The van der Waals surface area contributed by atoms with E-state index in [1.165, 1.54) is 24.0 Å². The number of alkyl carbamates (subject to hydrolysis) is 1. The number of nitrogens with zero attached hydrogens (tertiary/aromatic N) is 7. The van der Waals surface area contributed by atoms with Crippen molar-refractivity contribution < 1.29 is 71.9 Å². The number of aliphatic carboxylic acids is 1. The Kier molecular flexibility index (Phi) is 23.3. The summed E-state index contributed by atoms with van der Waals surface area (Å²) in [6, 6.07) is 34.1. The van der Waals surface area contributed by atoms with E-state index in [0.29, 0.717) is 11.3 Å². The number of ether oxygens (including phenoxy) is 5. The highest BCUT2D eigenvalue weighted by Crippen LogP contribution is 2.41. The van der Waals surface area contributed by atoms with Gasteiger partial charge in [-0.1, -0.05) is 121 Å². The zero-order valence-corrected chi connectivity index (χ0v) is 51.7. The minimum Gasteiger partial charge on any atom is -0.480 e. The number of nitrogens with one attached hydrogen (secondary N) is 2. The summed E-state index contributed by atoms with van der Waals surface area (Å²) < 4.78 is 29.9. The molecule has 1 aromatic heterocycles. The fourth-order valence-corrected chi connectivity index (χ4v) is 10.7. The van der Waals surface area contributed by atoms with Crippen LogP contribution in [0.3, 0.4) is 0 Å². The number of methoxy groups -OCH3 is 2. The van der Waals surface area contributed by atoms with E-state index >= 15 is 9.59 Å². The molecule has 476 valence electrons. The van der Waals surface area contributed by atoms with Crippen LogP contribution in [0.1, 0.15) is 82.3 Å². The number of hydrogen-bond donors (Lipinski definition) is 3. The van der Waals surface area contributed by atoms with Crippen molar-refractivity contribution >= 4 is 53.5 Å². The number of carbonyl (C=O) groups excluding carboxylic acids is 8. The van der Waals surface area contributed by atoms with E-state index in [2.05, 4.69) is 10.6 Å². The van der Waals surface area contributed by atoms with Crippen LogP contribution in [-0.4, -0.2) is 208 Å². The number of aromatic nitrogens is 2. The van der Waals surface area contributed by atoms with Gasteiger partial charge in [0.1, 0.15) is 49.0 Å². The lowest BCUT2D eigenvalue weighted by Gasteiger charge is -2.43. The monoisotopic (exact) mass is 1230 g/mol. The van der Waals surface area contributed by atoms with E-state index < -0.39 is 121 Å². The standard InChI is InChI=1S/C65H81N9O15/c1-63(2,3)88-43-50(68-62(84)87-42-45-21-13-9-14-22-45)59(81)71(41-58(85-7)86-8)39-55(77)73-33-31-69(38-54(76)74-34-32-70(40-56(78)79)61(83)52(74)36-53(75)66-30-29-57(80)89-64(4,5)6)60(82)51(73)35-49-37-72(44-67-49)65(46-23-15-10-16-24-46,47-25-17-11-18-26-47)48-27-19-12-20-28-48/h9-28,37,44,50-52,58H,29-36,38-43H2,1-8H3,(H,66,75)(H,68,84)(H,78,79)/t50-,51-,52-/m0/s1. The zero-order chi connectivity index (χ0) is 64.5. The van der Waals surface area contributed by atoms with E-state index in [1.807, 2.05) is 102 Å². The van der Waals surface area contributed by atoms with Crippen molar-refractivity contribution in [3.05, 3.63) is 162 Å². The van der Waals surface area contributed by atoms with Crippen molar-refractivity contribution in [3.63, 3.8) is 0 Å². The van der Waals surface area contributed by atoms with E-state index in [-0.39, 0.29) is 65.3 Å². The van der Waals surface area contributed by atoms with E-state index in [4.69, 9.17) is 28.7 Å². The minimum absolute atomic E-state index is 0.111. The van der Waals surface area contributed by atoms with Gasteiger partial charge in [-0.25, -0.2) is 9.78 Å². The number of benzene rings is 4. The topological polar surface area (TPSA) is 278 Å². The molecule has 3 heterocycles. The predicted octanol–water partition coefficient (Wildman–Crippen LogP) is 4.22. The Hall–Kier alpha value is -9.00. The summed E-state index contributed by atoms with van der Waals surface area (Å²) >= 11 is 0. The molecule has 24 nitrogen and oxygen atoms in total. The zero-order valence-electron chi connectivity index (χ0n) is 51.7. The van der Waals surface area contributed by atoms with Gasteiger partial charge in [-0.15, -0.1) is 0 Å². The van der Waals surface area contributed by atoms with E-state index in [9.17, 15) is 38.7 Å². The molecule has 2 saturated heterocycles. The van der Waals surface area contributed by atoms with Gasteiger partial charge in [-0.3, -0.25) is 38.4 Å². The normalized spacial score (nSPS) is 16.0. The number of carboxylic acids is 1. The van der Waals surface area contributed by atoms with Gasteiger partial charge in [0, 0.05) is 59.6 Å². The van der Waals surface area contributed by atoms with Gasteiger partial charge in [-0.2, -0.15) is 0 Å². The lowest BCUT2D eigenvalue weighted by atomic mass is 9.77. The highest BCUT2D eigenvalue weighted by atomic mass is 16.7. The maximum absolute atomic E-state index is 15.4. The molecule has 2 aliphatic heterocycles. The van der Waals surface area contributed by atoms with Crippen LogP contribution in [-0.2, 0) is 80.6 Å². The minimum atomic E-state index is -1.49. The molecular weight excluding hydrogens is 1150 g/mol. The lowest BCUT2D eigenvalue weighted by Crippen LogP contribution is -2.65. The summed E-state index contributed by atoms with van der Waals surface area (Å²) in [5.41, 5.74) is 1.13. The van der Waals surface area contributed by atoms with Gasteiger partial charge >= 0.3 is 18.0 Å². The molecule has 4 aromatic carbocycles. The van der Waals surface area contributed by atoms with Crippen LogP contribution in [0.2, 0.25) is 0 Å². The fourth-order valence-electron chi connectivity index (χ4n) is 10.7. The van der Waals surface area contributed by atoms with Gasteiger partial charge in [-0.05, 0) is 63.8 Å². The molecule has 0 saturated carbocycles. The molecular formula is C65H81N9O15. The second-order valence-electron chi connectivity index (χ2n) is 23.6. The fraction of sp³-hybridized carbons (Fsp3) is 0.446. The second kappa shape index (κ2) is 30.8. The average Bonchev–Trinajstić information content (AvgIpc) is 1.76.